The van der Waals surface area contributed by atoms with Crippen LogP contribution in [0.1, 0.15) is 23.0 Å². The fourth-order valence-electron chi connectivity index (χ4n) is 3.75. The van der Waals surface area contributed by atoms with Crippen LogP contribution in [0.2, 0.25) is 0 Å². The van der Waals surface area contributed by atoms with Gasteiger partial charge in [0, 0.05) is 42.3 Å². The summed E-state index contributed by atoms with van der Waals surface area (Å²) in [5.41, 5.74) is 1.86. The Morgan fingerprint density at radius 3 is 2.62 bits per heavy atom. The van der Waals surface area contributed by atoms with Gasteiger partial charge in [-0.15, -0.1) is 0 Å². The summed E-state index contributed by atoms with van der Waals surface area (Å²) in [6.45, 7) is 6.28. The van der Waals surface area contributed by atoms with Gasteiger partial charge in [-0.2, -0.15) is 0 Å². The first-order valence-electron chi connectivity index (χ1n) is 10.5. The minimum absolute atomic E-state index is 0.0837. The van der Waals surface area contributed by atoms with Gasteiger partial charge in [-0.3, -0.25) is 19.6 Å². The van der Waals surface area contributed by atoms with Crippen LogP contribution in [0.25, 0.3) is 0 Å². The van der Waals surface area contributed by atoms with Crippen LogP contribution >= 0.6 is 0 Å². The highest BCUT2D eigenvalue weighted by Gasteiger charge is 2.39. The van der Waals surface area contributed by atoms with Crippen LogP contribution < -0.4 is 0 Å². The fraction of sp³-hybridized carbons (Fsp3) is 0.280. The molecule has 166 valence electrons. The highest BCUT2D eigenvalue weighted by atomic mass is 16.3. The maximum Gasteiger partial charge on any atom is 0.255 e. The Labute approximate surface area is 188 Å². The Morgan fingerprint density at radius 1 is 1.19 bits per heavy atom. The number of aromatic nitrogens is 2. The van der Waals surface area contributed by atoms with Crippen LogP contribution in [0.15, 0.2) is 85.4 Å². The summed E-state index contributed by atoms with van der Waals surface area (Å²) in [5.74, 6) is -0.714. The number of carbonyl (C=O) groups is 2. The second-order valence-electron chi connectivity index (χ2n) is 7.58. The molecule has 2 atom stereocenters. The first-order chi connectivity index (χ1) is 15.5. The molecule has 0 aliphatic carbocycles. The van der Waals surface area contributed by atoms with Crippen molar-refractivity contribution in [2.24, 2.45) is 5.92 Å². The predicted molar refractivity (Wildman–Crippen MR) is 122 cm³/mol. The van der Waals surface area contributed by atoms with Gasteiger partial charge in [0.1, 0.15) is 0 Å². The fourth-order valence-corrected chi connectivity index (χ4v) is 3.75. The normalized spacial score (nSPS) is 18.9. The molecule has 3 heterocycles. The van der Waals surface area contributed by atoms with Crippen molar-refractivity contribution in [1.29, 1.82) is 0 Å². The third-order valence-corrected chi connectivity index (χ3v) is 5.48. The summed E-state index contributed by atoms with van der Waals surface area (Å²) in [4.78, 5) is 37.8. The molecule has 1 aliphatic heterocycles. The summed E-state index contributed by atoms with van der Waals surface area (Å²) in [6, 6.07) is 8.19. The molecule has 2 amide bonds. The van der Waals surface area contributed by atoms with Gasteiger partial charge in [-0.1, -0.05) is 36.9 Å². The lowest BCUT2D eigenvalue weighted by Gasteiger charge is -2.46. The maximum absolute atomic E-state index is 13.3. The maximum atomic E-state index is 13.3. The lowest BCUT2D eigenvalue weighted by molar-refractivity contribution is -0.136. The Balaban J connectivity index is 1.90. The van der Waals surface area contributed by atoms with Crippen LogP contribution in [0, 0.1) is 5.92 Å². The lowest BCUT2D eigenvalue weighted by atomic mass is 9.88. The highest BCUT2D eigenvalue weighted by Crippen LogP contribution is 2.28. The van der Waals surface area contributed by atoms with Crippen molar-refractivity contribution in [3.8, 4) is 0 Å². The van der Waals surface area contributed by atoms with Crippen LogP contribution in [-0.2, 0) is 11.2 Å². The largest absolute Gasteiger partial charge is 0.394 e. The predicted octanol–water partition coefficient (Wildman–Crippen LogP) is 2.63. The van der Waals surface area contributed by atoms with Crippen molar-refractivity contribution < 1.29 is 14.7 Å². The van der Waals surface area contributed by atoms with Gasteiger partial charge in [-0.05, 0) is 36.8 Å². The van der Waals surface area contributed by atoms with Crippen LogP contribution in [0.5, 0.6) is 0 Å². The van der Waals surface area contributed by atoms with E-state index in [4.69, 9.17) is 0 Å². The van der Waals surface area contributed by atoms with Gasteiger partial charge < -0.3 is 14.9 Å². The standard InChI is InChI=1S/C25H28N4O3/c1-3-4-5-8-19(2)22-16-28(24(31)15-21-9-6-7-12-27-21)18-29(23(22)17-30)25(32)20-10-13-26-14-11-20/h3-14,22-23,30H,2,15-18H2,1H3/b4-3-,8-5-/t22-,23+/m1/s1. The van der Waals surface area contributed by atoms with E-state index in [1.165, 1.54) is 0 Å². The van der Waals surface area contributed by atoms with Gasteiger partial charge in [-0.25, -0.2) is 0 Å². The molecular weight excluding hydrogens is 404 g/mol. The summed E-state index contributed by atoms with van der Waals surface area (Å²) in [7, 11) is 0. The van der Waals surface area contributed by atoms with E-state index < -0.39 is 6.04 Å². The molecule has 1 aliphatic rings. The molecule has 1 saturated heterocycles. The zero-order chi connectivity index (χ0) is 22.9. The van der Waals surface area contributed by atoms with E-state index in [0.29, 0.717) is 17.8 Å². The monoisotopic (exact) mass is 432 g/mol. The Hall–Kier alpha value is -3.58. The van der Waals surface area contributed by atoms with Crippen LogP contribution in [-0.4, -0.2) is 62.6 Å². The molecule has 2 aromatic heterocycles. The molecule has 7 heteroatoms. The van der Waals surface area contributed by atoms with E-state index in [9.17, 15) is 14.7 Å². The second kappa shape index (κ2) is 11.2. The molecule has 1 fully saturated rings. The van der Waals surface area contributed by atoms with Crippen molar-refractivity contribution >= 4 is 11.8 Å². The number of amides is 2. The SMILES string of the molecule is C=C(/C=C\C=C/C)[C@H]1CN(C(=O)Cc2ccccn2)CN(C(=O)c2ccncc2)[C@H]1CO. The van der Waals surface area contributed by atoms with E-state index in [1.807, 2.05) is 37.3 Å². The average Bonchev–Trinajstić information content (AvgIpc) is 2.84. The molecule has 0 spiro atoms. The summed E-state index contributed by atoms with van der Waals surface area (Å²) in [6.07, 6.45) is 12.4. The number of allylic oxidation sites excluding steroid dienone is 4. The average molecular weight is 433 g/mol. The van der Waals surface area contributed by atoms with Crippen molar-refractivity contribution in [3.63, 3.8) is 0 Å². The molecule has 0 unspecified atom stereocenters. The number of aliphatic hydroxyl groups is 1. The molecule has 7 nitrogen and oxygen atoms in total. The number of rotatable bonds is 7. The third-order valence-electron chi connectivity index (χ3n) is 5.48. The highest BCUT2D eigenvalue weighted by molar-refractivity contribution is 5.94. The van der Waals surface area contributed by atoms with Crippen molar-refractivity contribution in [2.45, 2.75) is 19.4 Å². The lowest BCUT2D eigenvalue weighted by Crippen LogP contribution is -2.60. The van der Waals surface area contributed by atoms with E-state index in [2.05, 4.69) is 16.5 Å². The number of nitrogens with zero attached hydrogens (tertiary/aromatic N) is 4. The summed E-state index contributed by atoms with van der Waals surface area (Å²) >= 11 is 0. The molecule has 0 bridgehead atoms. The molecule has 0 aromatic carbocycles. The number of pyridine rings is 2. The van der Waals surface area contributed by atoms with E-state index in [1.54, 1.807) is 52.7 Å². The molecule has 32 heavy (non-hydrogen) atoms. The van der Waals surface area contributed by atoms with Gasteiger partial charge >= 0.3 is 0 Å². The summed E-state index contributed by atoms with van der Waals surface area (Å²) in [5, 5.41) is 10.2. The quantitative estimate of drug-likeness (QED) is 0.680. The van der Waals surface area contributed by atoms with Crippen LogP contribution in [0.4, 0.5) is 0 Å². The zero-order valence-electron chi connectivity index (χ0n) is 18.2. The number of aliphatic hydroxyl groups excluding tert-OH is 1. The van der Waals surface area contributed by atoms with E-state index >= 15 is 0 Å². The molecular formula is C25H28N4O3. The Morgan fingerprint density at radius 2 is 1.97 bits per heavy atom. The van der Waals surface area contributed by atoms with Gasteiger partial charge in [0.25, 0.3) is 5.91 Å². The third kappa shape index (κ3) is 5.56. The van der Waals surface area contributed by atoms with Crippen molar-refractivity contribution in [2.75, 3.05) is 19.8 Å². The first-order valence-corrected chi connectivity index (χ1v) is 10.5. The zero-order valence-corrected chi connectivity index (χ0v) is 18.2. The summed E-state index contributed by atoms with van der Waals surface area (Å²) < 4.78 is 0. The molecule has 3 rings (SSSR count). The molecule has 1 N–H and O–H groups in total. The van der Waals surface area contributed by atoms with E-state index in [-0.39, 0.29) is 37.4 Å². The molecule has 0 saturated carbocycles. The van der Waals surface area contributed by atoms with Gasteiger partial charge in [0.05, 0.1) is 25.7 Å². The smallest absolute Gasteiger partial charge is 0.255 e. The molecule has 0 radical (unpaired) electrons. The van der Waals surface area contributed by atoms with Gasteiger partial charge in [0.2, 0.25) is 5.91 Å². The Bertz CT molecular complexity index is 989. The number of hydrogen-bond donors (Lipinski definition) is 1. The van der Waals surface area contributed by atoms with E-state index in [0.717, 1.165) is 5.57 Å². The first kappa shape index (κ1) is 23.1. The number of hydrogen-bond acceptors (Lipinski definition) is 5. The topological polar surface area (TPSA) is 86.6 Å². The van der Waals surface area contributed by atoms with Crippen molar-refractivity contribution in [3.05, 3.63) is 96.6 Å². The number of carbonyl (C=O) groups excluding carboxylic acids is 2. The Kier molecular flexibility index (Phi) is 8.05. The molecule has 2 aromatic rings. The van der Waals surface area contributed by atoms with Crippen molar-refractivity contribution in [1.82, 2.24) is 19.8 Å². The van der Waals surface area contributed by atoms with Gasteiger partial charge in [0.15, 0.2) is 0 Å². The second-order valence-corrected chi connectivity index (χ2v) is 7.58. The minimum Gasteiger partial charge on any atom is -0.394 e. The minimum atomic E-state index is -0.502. The van der Waals surface area contributed by atoms with Crippen LogP contribution in [0.3, 0.4) is 0 Å².